The number of primary amides is 1. The molecule has 2 aromatic carbocycles. The first-order valence-corrected chi connectivity index (χ1v) is 6.96. The van der Waals surface area contributed by atoms with Gasteiger partial charge in [-0.25, -0.2) is 4.39 Å². The fourth-order valence-electron chi connectivity index (χ4n) is 1.87. The first-order valence-electron chi connectivity index (χ1n) is 6.17. The molecule has 4 nitrogen and oxygen atoms in total. The maximum absolute atomic E-state index is 13.7. The second-order valence-corrected chi connectivity index (χ2v) is 5.28. The average Bonchev–Trinajstić information content (AvgIpc) is 2.47. The SMILES string of the molecule is COc1ccc(C(N)=O)cc1NCc1cc(Br)ccc1F. The third kappa shape index (κ3) is 3.72. The van der Waals surface area contributed by atoms with E-state index in [2.05, 4.69) is 21.2 Å². The lowest BCUT2D eigenvalue weighted by molar-refractivity contribution is 0.100. The fourth-order valence-corrected chi connectivity index (χ4v) is 2.28. The number of hydrogen-bond donors (Lipinski definition) is 2. The molecule has 21 heavy (non-hydrogen) atoms. The monoisotopic (exact) mass is 352 g/mol. The third-order valence-corrected chi connectivity index (χ3v) is 3.45. The van der Waals surface area contributed by atoms with Crippen LogP contribution in [-0.4, -0.2) is 13.0 Å². The van der Waals surface area contributed by atoms with E-state index in [9.17, 15) is 9.18 Å². The van der Waals surface area contributed by atoms with E-state index in [1.807, 2.05) is 0 Å². The Bertz CT molecular complexity index is 677. The molecule has 0 bridgehead atoms. The number of amides is 1. The van der Waals surface area contributed by atoms with E-state index in [-0.39, 0.29) is 12.4 Å². The summed E-state index contributed by atoms with van der Waals surface area (Å²) in [6.07, 6.45) is 0. The summed E-state index contributed by atoms with van der Waals surface area (Å²) in [4.78, 5) is 11.2. The number of halogens is 2. The second-order valence-electron chi connectivity index (χ2n) is 4.37. The maximum atomic E-state index is 13.7. The van der Waals surface area contributed by atoms with Gasteiger partial charge >= 0.3 is 0 Å². The Morgan fingerprint density at radius 1 is 1.33 bits per heavy atom. The number of ether oxygens (including phenoxy) is 1. The molecule has 0 unspecified atom stereocenters. The first-order chi connectivity index (χ1) is 10.0. The summed E-state index contributed by atoms with van der Waals surface area (Å²) in [6.45, 7) is 0.254. The van der Waals surface area contributed by atoms with Crippen molar-refractivity contribution in [3.05, 3.63) is 57.8 Å². The lowest BCUT2D eigenvalue weighted by atomic mass is 10.1. The number of hydrogen-bond acceptors (Lipinski definition) is 3. The highest BCUT2D eigenvalue weighted by molar-refractivity contribution is 9.10. The van der Waals surface area contributed by atoms with Gasteiger partial charge in [-0.1, -0.05) is 15.9 Å². The number of benzene rings is 2. The highest BCUT2D eigenvalue weighted by atomic mass is 79.9. The van der Waals surface area contributed by atoms with Gasteiger partial charge in [0.05, 0.1) is 12.8 Å². The number of carbonyl (C=O) groups is 1. The van der Waals surface area contributed by atoms with E-state index in [4.69, 9.17) is 10.5 Å². The Kier molecular flexibility index (Phi) is 4.80. The maximum Gasteiger partial charge on any atom is 0.248 e. The van der Waals surface area contributed by atoms with Crippen LogP contribution in [0.4, 0.5) is 10.1 Å². The van der Waals surface area contributed by atoms with Gasteiger partial charge in [-0.15, -0.1) is 0 Å². The number of anilines is 1. The van der Waals surface area contributed by atoms with Gasteiger partial charge in [-0.05, 0) is 36.4 Å². The van der Waals surface area contributed by atoms with E-state index < -0.39 is 5.91 Å². The Labute approximate surface area is 130 Å². The van der Waals surface area contributed by atoms with Crippen LogP contribution in [-0.2, 0) is 6.54 Å². The predicted molar refractivity (Wildman–Crippen MR) is 82.9 cm³/mol. The summed E-state index contributed by atoms with van der Waals surface area (Å²) in [5, 5.41) is 3.05. The standard InChI is InChI=1S/C15H14BrFN2O2/c1-21-14-5-2-9(15(18)20)7-13(14)19-8-10-6-11(16)3-4-12(10)17/h2-7,19H,8H2,1H3,(H2,18,20). The van der Waals surface area contributed by atoms with Crippen LogP contribution in [0.5, 0.6) is 5.75 Å². The number of nitrogens with two attached hydrogens (primary N) is 1. The summed E-state index contributed by atoms with van der Waals surface area (Å²) in [7, 11) is 1.52. The van der Waals surface area contributed by atoms with Gasteiger partial charge in [0, 0.05) is 22.1 Å². The van der Waals surface area contributed by atoms with Crippen LogP contribution in [0.25, 0.3) is 0 Å². The van der Waals surface area contributed by atoms with Gasteiger partial charge in [-0.2, -0.15) is 0 Å². The van der Waals surface area contributed by atoms with Gasteiger partial charge in [0.1, 0.15) is 11.6 Å². The van der Waals surface area contributed by atoms with Crippen LogP contribution in [0.3, 0.4) is 0 Å². The number of carbonyl (C=O) groups excluding carboxylic acids is 1. The molecule has 0 aliphatic carbocycles. The molecule has 0 saturated carbocycles. The minimum atomic E-state index is -0.533. The van der Waals surface area contributed by atoms with E-state index in [1.54, 1.807) is 30.3 Å². The highest BCUT2D eigenvalue weighted by Crippen LogP contribution is 2.26. The van der Waals surface area contributed by atoms with E-state index in [0.717, 1.165) is 4.47 Å². The van der Waals surface area contributed by atoms with Crippen LogP contribution in [0.2, 0.25) is 0 Å². The molecule has 0 aliphatic heterocycles. The Morgan fingerprint density at radius 2 is 2.10 bits per heavy atom. The van der Waals surface area contributed by atoms with Crippen LogP contribution in [0.15, 0.2) is 40.9 Å². The van der Waals surface area contributed by atoms with Crippen molar-refractivity contribution in [1.82, 2.24) is 0 Å². The second kappa shape index (κ2) is 6.58. The summed E-state index contributed by atoms with van der Waals surface area (Å²) in [6, 6.07) is 9.50. The van der Waals surface area contributed by atoms with Crippen molar-refractivity contribution in [3.63, 3.8) is 0 Å². The molecule has 2 rings (SSSR count). The highest BCUT2D eigenvalue weighted by Gasteiger charge is 2.09. The Hall–Kier alpha value is -2.08. The molecule has 6 heteroatoms. The summed E-state index contributed by atoms with van der Waals surface area (Å²) >= 11 is 3.30. The summed E-state index contributed by atoms with van der Waals surface area (Å²) in [5.74, 6) is -0.291. The van der Waals surface area contributed by atoms with Crippen molar-refractivity contribution in [3.8, 4) is 5.75 Å². The molecule has 3 N–H and O–H groups in total. The molecule has 0 fully saturated rings. The van der Waals surface area contributed by atoms with E-state index in [1.165, 1.54) is 13.2 Å². The normalized spacial score (nSPS) is 10.2. The molecular weight excluding hydrogens is 339 g/mol. The molecule has 2 aromatic rings. The van der Waals surface area contributed by atoms with Crippen molar-refractivity contribution in [2.45, 2.75) is 6.54 Å². The van der Waals surface area contributed by atoms with Crippen LogP contribution >= 0.6 is 15.9 Å². The largest absolute Gasteiger partial charge is 0.495 e. The number of nitrogens with one attached hydrogen (secondary N) is 1. The minimum absolute atomic E-state index is 0.254. The predicted octanol–water partition coefficient (Wildman–Crippen LogP) is 3.31. The van der Waals surface area contributed by atoms with Gasteiger partial charge in [-0.3, -0.25) is 4.79 Å². The summed E-state index contributed by atoms with van der Waals surface area (Å²) < 4.78 is 19.7. The lowest BCUT2D eigenvalue weighted by Crippen LogP contribution is -2.12. The summed E-state index contributed by atoms with van der Waals surface area (Å²) in [5.41, 5.74) is 6.68. The quantitative estimate of drug-likeness (QED) is 0.867. The topological polar surface area (TPSA) is 64.3 Å². The van der Waals surface area contributed by atoms with Crippen molar-refractivity contribution < 1.29 is 13.9 Å². The van der Waals surface area contributed by atoms with Crippen LogP contribution in [0.1, 0.15) is 15.9 Å². The zero-order chi connectivity index (χ0) is 15.4. The van der Waals surface area contributed by atoms with E-state index >= 15 is 0 Å². The molecule has 1 amide bonds. The molecule has 0 heterocycles. The third-order valence-electron chi connectivity index (χ3n) is 2.96. The zero-order valence-corrected chi connectivity index (χ0v) is 12.9. The number of rotatable bonds is 5. The molecule has 0 spiro atoms. The smallest absolute Gasteiger partial charge is 0.248 e. The van der Waals surface area contributed by atoms with Crippen molar-refractivity contribution in [1.29, 1.82) is 0 Å². The van der Waals surface area contributed by atoms with Gasteiger partial charge in [0.15, 0.2) is 0 Å². The van der Waals surface area contributed by atoms with Crippen LogP contribution < -0.4 is 15.8 Å². The van der Waals surface area contributed by atoms with E-state index in [0.29, 0.717) is 22.6 Å². The molecule has 0 atom stereocenters. The fraction of sp³-hybridized carbons (Fsp3) is 0.133. The molecule has 0 aromatic heterocycles. The van der Waals surface area contributed by atoms with Crippen molar-refractivity contribution in [2.75, 3.05) is 12.4 Å². The number of methoxy groups -OCH3 is 1. The Balaban J connectivity index is 2.24. The minimum Gasteiger partial charge on any atom is -0.495 e. The molecule has 110 valence electrons. The zero-order valence-electron chi connectivity index (χ0n) is 11.3. The molecule has 0 saturated heterocycles. The van der Waals surface area contributed by atoms with Gasteiger partial charge < -0.3 is 15.8 Å². The van der Waals surface area contributed by atoms with Crippen molar-refractivity contribution >= 4 is 27.5 Å². The Morgan fingerprint density at radius 3 is 2.76 bits per heavy atom. The van der Waals surface area contributed by atoms with Gasteiger partial charge in [0.2, 0.25) is 5.91 Å². The molecular formula is C15H14BrFN2O2. The van der Waals surface area contributed by atoms with Crippen LogP contribution in [0, 0.1) is 5.82 Å². The average molecular weight is 353 g/mol. The first kappa shape index (κ1) is 15.3. The molecule has 0 aliphatic rings. The van der Waals surface area contributed by atoms with Crippen molar-refractivity contribution in [2.24, 2.45) is 5.73 Å². The molecule has 0 radical (unpaired) electrons. The van der Waals surface area contributed by atoms with Gasteiger partial charge in [0.25, 0.3) is 0 Å². The lowest BCUT2D eigenvalue weighted by Gasteiger charge is -2.13.